The van der Waals surface area contributed by atoms with Gasteiger partial charge in [0, 0.05) is 32.1 Å². The molecule has 1 saturated heterocycles. The van der Waals surface area contributed by atoms with Gasteiger partial charge in [-0.05, 0) is 49.8 Å². The molecule has 2 N–H and O–H groups in total. The van der Waals surface area contributed by atoms with Gasteiger partial charge in [-0.3, -0.25) is 4.79 Å². The number of piperidine rings is 1. The Hall–Kier alpha value is -2.11. The molecular weight excluding hydrogens is 333 g/mol. The Labute approximate surface area is 155 Å². The third-order valence-corrected chi connectivity index (χ3v) is 4.97. The fourth-order valence-electron chi connectivity index (χ4n) is 3.45. The number of nitrogens with zero attached hydrogens (tertiary/aromatic N) is 1. The van der Waals surface area contributed by atoms with Crippen LogP contribution in [0.4, 0.5) is 9.18 Å². The number of nitrogens with one attached hydrogen (secondary N) is 2. The molecular formula is C20H30FN3O2. The number of amides is 3. The molecule has 0 spiro atoms. The highest BCUT2D eigenvalue weighted by Gasteiger charge is 2.31. The highest BCUT2D eigenvalue weighted by molar-refractivity contribution is 5.76. The SMILES string of the molecule is CC[C@@H]1CN(C(=O)NC(C)C)CC[C@H]1CC(=O)NCc1ccc(F)cc1. The Bertz CT molecular complexity index is 604. The maximum Gasteiger partial charge on any atom is 0.317 e. The molecule has 0 saturated carbocycles. The Balaban J connectivity index is 1.82. The zero-order chi connectivity index (χ0) is 19.1. The second-order valence-electron chi connectivity index (χ2n) is 7.37. The molecule has 1 aromatic rings. The molecule has 0 unspecified atom stereocenters. The quantitative estimate of drug-likeness (QED) is 0.815. The van der Waals surface area contributed by atoms with Crippen LogP contribution in [0.25, 0.3) is 0 Å². The van der Waals surface area contributed by atoms with Crippen molar-refractivity contribution in [3.8, 4) is 0 Å². The van der Waals surface area contributed by atoms with E-state index in [0.717, 1.165) is 18.4 Å². The summed E-state index contributed by atoms with van der Waals surface area (Å²) in [5, 5.41) is 5.85. The van der Waals surface area contributed by atoms with Gasteiger partial charge in [0.1, 0.15) is 5.82 Å². The molecule has 1 heterocycles. The summed E-state index contributed by atoms with van der Waals surface area (Å²) in [5.74, 6) is 0.353. The van der Waals surface area contributed by atoms with Gasteiger partial charge in [-0.25, -0.2) is 9.18 Å². The molecule has 26 heavy (non-hydrogen) atoms. The third-order valence-electron chi connectivity index (χ3n) is 4.97. The second kappa shape index (κ2) is 9.55. The normalized spacial score (nSPS) is 20.1. The molecule has 2 atom stereocenters. The van der Waals surface area contributed by atoms with Crippen molar-refractivity contribution in [3.05, 3.63) is 35.6 Å². The van der Waals surface area contributed by atoms with Crippen LogP contribution >= 0.6 is 0 Å². The fraction of sp³-hybridized carbons (Fsp3) is 0.600. The van der Waals surface area contributed by atoms with E-state index < -0.39 is 0 Å². The van der Waals surface area contributed by atoms with Crippen LogP contribution in [0.3, 0.4) is 0 Å². The van der Waals surface area contributed by atoms with E-state index in [4.69, 9.17) is 0 Å². The van der Waals surface area contributed by atoms with E-state index in [1.165, 1.54) is 12.1 Å². The van der Waals surface area contributed by atoms with Gasteiger partial charge in [0.15, 0.2) is 0 Å². The lowest BCUT2D eigenvalue weighted by molar-refractivity contribution is -0.123. The maximum atomic E-state index is 12.9. The van der Waals surface area contributed by atoms with Crippen LogP contribution in [0.15, 0.2) is 24.3 Å². The number of carbonyl (C=O) groups is 2. The van der Waals surface area contributed by atoms with Crippen molar-refractivity contribution in [1.82, 2.24) is 15.5 Å². The number of hydrogen-bond donors (Lipinski definition) is 2. The first-order chi connectivity index (χ1) is 12.4. The van der Waals surface area contributed by atoms with Gasteiger partial charge in [-0.1, -0.05) is 25.5 Å². The van der Waals surface area contributed by atoms with Crippen molar-refractivity contribution in [2.24, 2.45) is 11.8 Å². The first kappa shape index (κ1) is 20.2. The molecule has 0 aliphatic carbocycles. The average Bonchev–Trinajstić information content (AvgIpc) is 2.61. The Morgan fingerprint density at radius 3 is 2.54 bits per heavy atom. The van der Waals surface area contributed by atoms with E-state index in [9.17, 15) is 14.0 Å². The van der Waals surface area contributed by atoms with E-state index >= 15 is 0 Å². The van der Waals surface area contributed by atoms with Crippen LogP contribution in [0.2, 0.25) is 0 Å². The average molecular weight is 363 g/mol. The van der Waals surface area contributed by atoms with Gasteiger partial charge >= 0.3 is 6.03 Å². The topological polar surface area (TPSA) is 61.4 Å². The monoisotopic (exact) mass is 363 g/mol. The zero-order valence-electron chi connectivity index (χ0n) is 15.9. The van der Waals surface area contributed by atoms with Crippen LogP contribution in [0.1, 0.15) is 45.6 Å². The molecule has 0 radical (unpaired) electrons. The summed E-state index contributed by atoms with van der Waals surface area (Å²) in [6.45, 7) is 7.81. The van der Waals surface area contributed by atoms with Crippen LogP contribution in [-0.2, 0) is 11.3 Å². The predicted molar refractivity (Wildman–Crippen MR) is 100.0 cm³/mol. The fourth-order valence-corrected chi connectivity index (χ4v) is 3.45. The first-order valence-electron chi connectivity index (χ1n) is 9.45. The molecule has 5 nitrogen and oxygen atoms in total. The van der Waals surface area contributed by atoms with Gasteiger partial charge in [-0.15, -0.1) is 0 Å². The van der Waals surface area contributed by atoms with Crippen molar-refractivity contribution >= 4 is 11.9 Å². The highest BCUT2D eigenvalue weighted by Crippen LogP contribution is 2.29. The van der Waals surface area contributed by atoms with Crippen LogP contribution < -0.4 is 10.6 Å². The number of carbonyl (C=O) groups excluding carboxylic acids is 2. The number of benzene rings is 1. The van der Waals surface area contributed by atoms with Crippen LogP contribution in [0.5, 0.6) is 0 Å². The second-order valence-corrected chi connectivity index (χ2v) is 7.37. The third kappa shape index (κ3) is 6.00. The molecule has 2 rings (SSSR count). The lowest BCUT2D eigenvalue weighted by atomic mass is 9.81. The number of halogens is 1. The molecule has 1 aliphatic heterocycles. The van der Waals surface area contributed by atoms with E-state index in [1.807, 2.05) is 18.7 Å². The summed E-state index contributed by atoms with van der Waals surface area (Å²) in [7, 11) is 0. The minimum absolute atomic E-state index is 0.0119. The van der Waals surface area contributed by atoms with E-state index in [-0.39, 0.29) is 29.7 Å². The van der Waals surface area contributed by atoms with Crippen molar-refractivity contribution in [2.75, 3.05) is 13.1 Å². The van der Waals surface area contributed by atoms with Crippen LogP contribution in [0, 0.1) is 17.7 Å². The molecule has 144 valence electrons. The summed E-state index contributed by atoms with van der Waals surface area (Å²) in [6.07, 6.45) is 2.26. The lowest BCUT2D eigenvalue weighted by Crippen LogP contribution is -2.50. The van der Waals surface area contributed by atoms with Gasteiger partial charge in [0.2, 0.25) is 5.91 Å². The zero-order valence-corrected chi connectivity index (χ0v) is 15.9. The Kier molecular flexibility index (Phi) is 7.42. The Morgan fingerprint density at radius 2 is 1.92 bits per heavy atom. The summed E-state index contributed by atoms with van der Waals surface area (Å²) < 4.78 is 12.9. The van der Waals surface area contributed by atoms with E-state index in [0.29, 0.717) is 32.0 Å². The number of urea groups is 1. The van der Waals surface area contributed by atoms with Crippen molar-refractivity contribution in [3.63, 3.8) is 0 Å². The van der Waals surface area contributed by atoms with Gasteiger partial charge in [-0.2, -0.15) is 0 Å². The number of rotatable bonds is 6. The summed E-state index contributed by atoms with van der Waals surface area (Å²) >= 11 is 0. The molecule has 6 heteroatoms. The standard InChI is InChI=1S/C20H30FN3O2/c1-4-16-13-24(20(26)23-14(2)3)10-9-17(16)11-19(25)22-12-15-5-7-18(21)8-6-15/h5-8,14,16-17H,4,9-13H2,1-3H3,(H,22,25)(H,23,26)/t16-,17+/m1/s1. The van der Waals surface area contributed by atoms with Gasteiger partial charge in [0.05, 0.1) is 0 Å². The molecule has 0 bridgehead atoms. The summed E-state index contributed by atoms with van der Waals surface area (Å²) in [6, 6.07) is 6.25. The highest BCUT2D eigenvalue weighted by atomic mass is 19.1. The molecule has 3 amide bonds. The van der Waals surface area contributed by atoms with E-state index in [2.05, 4.69) is 17.6 Å². The van der Waals surface area contributed by atoms with Gasteiger partial charge in [0.25, 0.3) is 0 Å². The predicted octanol–water partition coefficient (Wildman–Crippen LogP) is 3.30. The first-order valence-corrected chi connectivity index (χ1v) is 9.45. The van der Waals surface area contributed by atoms with Crippen molar-refractivity contribution in [2.45, 2.75) is 52.6 Å². The summed E-state index contributed by atoms with van der Waals surface area (Å²) in [4.78, 5) is 26.3. The Morgan fingerprint density at radius 1 is 1.23 bits per heavy atom. The number of hydrogen-bond acceptors (Lipinski definition) is 2. The van der Waals surface area contributed by atoms with Crippen molar-refractivity contribution < 1.29 is 14.0 Å². The largest absolute Gasteiger partial charge is 0.352 e. The van der Waals surface area contributed by atoms with E-state index in [1.54, 1.807) is 12.1 Å². The molecule has 1 aromatic carbocycles. The minimum Gasteiger partial charge on any atom is -0.352 e. The smallest absolute Gasteiger partial charge is 0.317 e. The molecule has 1 aliphatic rings. The van der Waals surface area contributed by atoms with Gasteiger partial charge < -0.3 is 15.5 Å². The molecule has 0 aromatic heterocycles. The summed E-state index contributed by atoms with van der Waals surface area (Å²) in [5.41, 5.74) is 0.881. The van der Waals surface area contributed by atoms with Crippen molar-refractivity contribution in [1.29, 1.82) is 0 Å². The lowest BCUT2D eigenvalue weighted by Gasteiger charge is -2.38. The van der Waals surface area contributed by atoms with Crippen LogP contribution in [-0.4, -0.2) is 36.0 Å². The maximum absolute atomic E-state index is 12.9. The minimum atomic E-state index is -0.279. The molecule has 1 fully saturated rings. The number of likely N-dealkylation sites (tertiary alicyclic amines) is 1.